The molecule has 1 aromatic rings. The van der Waals surface area contributed by atoms with Gasteiger partial charge in [-0.2, -0.15) is 0 Å². The minimum absolute atomic E-state index is 0.226. The molecular weight excluding hydrogens is 239 g/mol. The van der Waals surface area contributed by atoms with Gasteiger partial charge in [-0.1, -0.05) is 23.2 Å². The fourth-order valence-electron chi connectivity index (χ4n) is 1.37. The summed E-state index contributed by atoms with van der Waals surface area (Å²) in [6, 6.07) is 1.43. The monoisotopic (exact) mass is 246 g/mol. The van der Waals surface area contributed by atoms with Crippen molar-refractivity contribution in [2.45, 2.75) is 6.10 Å². The van der Waals surface area contributed by atoms with Crippen LogP contribution in [-0.2, 0) is 0 Å². The first kappa shape index (κ1) is 10.7. The number of amides is 1. The van der Waals surface area contributed by atoms with Gasteiger partial charge in [0.2, 0.25) is 0 Å². The Bertz CT molecular complexity index is 405. The predicted molar refractivity (Wildman–Crippen MR) is 56.2 cm³/mol. The number of aliphatic hydroxyl groups is 1. The van der Waals surface area contributed by atoms with E-state index in [4.69, 9.17) is 28.3 Å². The number of rotatable bonds is 1. The second kappa shape index (κ2) is 3.96. The second-order valence-electron chi connectivity index (χ2n) is 3.35. The molecule has 1 aliphatic rings. The normalized spacial score (nSPS) is 16.3. The lowest BCUT2D eigenvalue weighted by Gasteiger charge is -2.36. The second-order valence-corrected chi connectivity index (χ2v) is 4.15. The van der Waals surface area contributed by atoms with E-state index in [1.54, 1.807) is 0 Å². The fourth-order valence-corrected chi connectivity index (χ4v) is 1.71. The zero-order chi connectivity index (χ0) is 11.0. The summed E-state index contributed by atoms with van der Waals surface area (Å²) in [5.74, 6) is -0.227. The summed E-state index contributed by atoms with van der Waals surface area (Å²) in [4.78, 5) is 17.0. The number of aromatic nitrogens is 1. The molecule has 0 aliphatic carbocycles. The minimum Gasteiger partial charge on any atom is -0.389 e. The van der Waals surface area contributed by atoms with Crippen molar-refractivity contribution in [2.75, 3.05) is 13.1 Å². The molecule has 0 spiro atoms. The highest BCUT2D eigenvalue weighted by Gasteiger charge is 2.30. The first-order valence-electron chi connectivity index (χ1n) is 4.36. The number of hydrogen-bond donors (Lipinski definition) is 1. The van der Waals surface area contributed by atoms with E-state index in [-0.39, 0.29) is 16.1 Å². The molecule has 1 amide bonds. The third-order valence-electron chi connectivity index (χ3n) is 2.20. The van der Waals surface area contributed by atoms with Gasteiger partial charge in [-0.05, 0) is 6.07 Å². The molecule has 2 heterocycles. The van der Waals surface area contributed by atoms with E-state index >= 15 is 0 Å². The summed E-state index contributed by atoms with van der Waals surface area (Å²) in [5.41, 5.74) is 0.323. The van der Waals surface area contributed by atoms with Crippen molar-refractivity contribution >= 4 is 29.1 Å². The number of pyridine rings is 1. The van der Waals surface area contributed by atoms with Crippen LogP contribution in [0.3, 0.4) is 0 Å². The number of aliphatic hydroxyl groups excluding tert-OH is 1. The van der Waals surface area contributed by atoms with Gasteiger partial charge in [-0.3, -0.25) is 4.79 Å². The Labute approximate surface area is 96.4 Å². The van der Waals surface area contributed by atoms with Crippen LogP contribution < -0.4 is 0 Å². The Morgan fingerprint density at radius 1 is 1.53 bits per heavy atom. The van der Waals surface area contributed by atoms with Crippen LogP contribution >= 0.6 is 23.2 Å². The van der Waals surface area contributed by atoms with Crippen LogP contribution in [-0.4, -0.2) is 40.1 Å². The minimum atomic E-state index is -0.426. The molecular formula is C9H8Cl2N2O2. The Balaban J connectivity index is 2.22. The largest absolute Gasteiger partial charge is 0.389 e. The average Bonchev–Trinajstić information content (AvgIpc) is 2.16. The first-order chi connectivity index (χ1) is 7.08. The number of β-amino-alcohol motifs (C(OH)–C–C–N with tert-alkyl or cyclic N) is 1. The Kier molecular flexibility index (Phi) is 2.82. The molecule has 80 valence electrons. The van der Waals surface area contributed by atoms with Crippen LogP contribution in [0.4, 0.5) is 0 Å². The first-order valence-corrected chi connectivity index (χ1v) is 5.12. The van der Waals surface area contributed by atoms with Gasteiger partial charge in [-0.25, -0.2) is 4.98 Å². The van der Waals surface area contributed by atoms with E-state index < -0.39 is 6.10 Å². The Morgan fingerprint density at radius 2 is 2.20 bits per heavy atom. The molecule has 1 fully saturated rings. The van der Waals surface area contributed by atoms with Crippen LogP contribution in [0.25, 0.3) is 0 Å². The van der Waals surface area contributed by atoms with Crippen molar-refractivity contribution in [3.63, 3.8) is 0 Å². The molecule has 0 saturated carbocycles. The van der Waals surface area contributed by atoms with Crippen molar-refractivity contribution in [3.8, 4) is 0 Å². The van der Waals surface area contributed by atoms with E-state index in [1.165, 1.54) is 17.2 Å². The predicted octanol–water partition coefficient (Wildman–Crippen LogP) is 1.21. The van der Waals surface area contributed by atoms with Crippen molar-refractivity contribution in [1.29, 1.82) is 0 Å². The van der Waals surface area contributed by atoms with Crippen LogP contribution in [0, 0.1) is 0 Å². The summed E-state index contributed by atoms with van der Waals surface area (Å²) >= 11 is 11.5. The van der Waals surface area contributed by atoms with E-state index in [9.17, 15) is 4.79 Å². The summed E-state index contributed by atoms with van der Waals surface area (Å²) < 4.78 is 0. The van der Waals surface area contributed by atoms with Gasteiger partial charge in [-0.15, -0.1) is 0 Å². The smallest absolute Gasteiger partial charge is 0.255 e. The summed E-state index contributed by atoms with van der Waals surface area (Å²) in [7, 11) is 0. The van der Waals surface area contributed by atoms with Crippen LogP contribution in [0.1, 0.15) is 10.4 Å². The summed E-state index contributed by atoms with van der Waals surface area (Å²) in [6.45, 7) is 0.685. The molecule has 0 radical (unpaired) electrons. The lowest BCUT2D eigenvalue weighted by Crippen LogP contribution is -2.53. The Hall–Kier alpha value is -0.840. The van der Waals surface area contributed by atoms with E-state index in [2.05, 4.69) is 4.98 Å². The van der Waals surface area contributed by atoms with E-state index in [1.807, 2.05) is 0 Å². The van der Waals surface area contributed by atoms with Crippen LogP contribution in [0.5, 0.6) is 0 Å². The van der Waals surface area contributed by atoms with Gasteiger partial charge >= 0.3 is 0 Å². The lowest BCUT2D eigenvalue weighted by molar-refractivity contribution is 0.00590. The fraction of sp³-hybridized carbons (Fsp3) is 0.333. The quantitative estimate of drug-likeness (QED) is 0.759. The lowest BCUT2D eigenvalue weighted by atomic mass is 10.1. The van der Waals surface area contributed by atoms with Gasteiger partial charge in [0.05, 0.1) is 16.7 Å². The number of halogens is 2. The third-order valence-corrected chi connectivity index (χ3v) is 2.71. The van der Waals surface area contributed by atoms with Crippen molar-refractivity contribution < 1.29 is 9.90 Å². The SMILES string of the molecule is O=C(c1cc(Cl)ncc1Cl)N1CC(O)C1. The number of hydrogen-bond acceptors (Lipinski definition) is 3. The van der Waals surface area contributed by atoms with Crippen molar-refractivity contribution in [3.05, 3.63) is 28.0 Å². The molecule has 1 saturated heterocycles. The molecule has 1 aliphatic heterocycles. The maximum absolute atomic E-state index is 11.8. The van der Waals surface area contributed by atoms with Crippen molar-refractivity contribution in [1.82, 2.24) is 9.88 Å². The number of carbonyl (C=O) groups is 1. The highest BCUT2D eigenvalue weighted by molar-refractivity contribution is 6.35. The highest BCUT2D eigenvalue weighted by Crippen LogP contribution is 2.22. The van der Waals surface area contributed by atoms with Gasteiger partial charge in [0.25, 0.3) is 5.91 Å². The average molecular weight is 247 g/mol. The van der Waals surface area contributed by atoms with E-state index in [0.29, 0.717) is 18.7 Å². The zero-order valence-corrected chi connectivity index (χ0v) is 9.16. The van der Waals surface area contributed by atoms with E-state index in [0.717, 1.165) is 0 Å². The van der Waals surface area contributed by atoms with Crippen molar-refractivity contribution in [2.24, 2.45) is 0 Å². The topological polar surface area (TPSA) is 53.4 Å². The van der Waals surface area contributed by atoms with Gasteiger partial charge in [0.15, 0.2) is 0 Å². The van der Waals surface area contributed by atoms with Gasteiger partial charge < -0.3 is 10.0 Å². The molecule has 15 heavy (non-hydrogen) atoms. The number of likely N-dealkylation sites (tertiary alicyclic amines) is 1. The molecule has 1 N–H and O–H groups in total. The van der Waals surface area contributed by atoms with Crippen LogP contribution in [0.15, 0.2) is 12.3 Å². The molecule has 2 rings (SSSR count). The maximum atomic E-state index is 11.8. The number of nitrogens with zero attached hydrogens (tertiary/aromatic N) is 2. The molecule has 1 aromatic heterocycles. The highest BCUT2D eigenvalue weighted by atomic mass is 35.5. The summed E-state index contributed by atoms with van der Waals surface area (Å²) in [6.07, 6.45) is 0.915. The number of carbonyl (C=O) groups excluding carboxylic acids is 1. The molecule has 6 heteroatoms. The van der Waals surface area contributed by atoms with Crippen LogP contribution in [0.2, 0.25) is 10.2 Å². The third kappa shape index (κ3) is 2.07. The van der Waals surface area contributed by atoms with Gasteiger partial charge in [0, 0.05) is 19.3 Å². The molecule has 0 aromatic carbocycles. The molecule has 0 bridgehead atoms. The summed E-state index contributed by atoms with van der Waals surface area (Å²) in [5, 5.41) is 9.57. The van der Waals surface area contributed by atoms with Gasteiger partial charge in [0.1, 0.15) is 5.15 Å². The molecule has 0 atom stereocenters. The maximum Gasteiger partial charge on any atom is 0.255 e. The molecule has 4 nitrogen and oxygen atoms in total. The molecule has 0 unspecified atom stereocenters. The standard InChI is InChI=1S/C9H8Cl2N2O2/c10-7-2-12-8(11)1-6(7)9(15)13-3-5(14)4-13/h1-2,5,14H,3-4H2. The zero-order valence-electron chi connectivity index (χ0n) is 7.65. The Morgan fingerprint density at radius 3 is 2.80 bits per heavy atom.